The second-order valence-electron chi connectivity index (χ2n) is 6.10. The Morgan fingerprint density at radius 1 is 1.19 bits per heavy atom. The van der Waals surface area contributed by atoms with Crippen LogP contribution in [0.25, 0.3) is 11.1 Å². The molecule has 110 valence electrons. The molecule has 1 N–H and O–H groups in total. The van der Waals surface area contributed by atoms with Gasteiger partial charge in [-0.1, -0.05) is 6.07 Å². The number of carbonyl (C=O) groups is 1. The molecule has 1 aromatic carbocycles. The summed E-state index contributed by atoms with van der Waals surface area (Å²) in [4.78, 5) is 17.0. The number of benzene rings is 1. The molecule has 1 saturated heterocycles. The van der Waals surface area contributed by atoms with Gasteiger partial charge in [-0.25, -0.2) is 9.78 Å². The van der Waals surface area contributed by atoms with Gasteiger partial charge in [-0.2, -0.15) is 0 Å². The number of oxazole rings is 1. The lowest BCUT2D eigenvalue weighted by Gasteiger charge is -2.28. The average Bonchev–Trinajstić information content (AvgIpc) is 3.26. The van der Waals surface area contributed by atoms with Crippen LogP contribution >= 0.6 is 0 Å². The van der Waals surface area contributed by atoms with Crippen molar-refractivity contribution in [3.8, 4) is 0 Å². The summed E-state index contributed by atoms with van der Waals surface area (Å²) < 4.78 is 5.94. The van der Waals surface area contributed by atoms with Crippen molar-refractivity contribution in [3.63, 3.8) is 0 Å². The van der Waals surface area contributed by atoms with Gasteiger partial charge in [-0.15, -0.1) is 0 Å². The van der Waals surface area contributed by atoms with Gasteiger partial charge in [0.05, 0.1) is 0 Å². The number of nitrogens with zero attached hydrogens (tertiary/aromatic N) is 2. The van der Waals surface area contributed by atoms with Crippen LogP contribution in [0.3, 0.4) is 0 Å². The molecule has 1 saturated carbocycles. The van der Waals surface area contributed by atoms with Gasteiger partial charge in [0.2, 0.25) is 0 Å². The summed E-state index contributed by atoms with van der Waals surface area (Å²) in [6.45, 7) is 1.12. The van der Waals surface area contributed by atoms with Crippen molar-refractivity contribution in [2.24, 2.45) is 0 Å². The standard InChI is InChI=1S/C16H18N2O3/c19-16(20)18-7-5-11(6-8-18)15-17-13-4-3-12(10-1-2-10)9-14(13)21-15/h3-4,9-11H,1-2,5-8H2,(H,19,20). The molecule has 1 aliphatic carbocycles. The molecule has 5 nitrogen and oxygen atoms in total. The van der Waals surface area contributed by atoms with E-state index in [2.05, 4.69) is 17.1 Å². The van der Waals surface area contributed by atoms with Crippen molar-refractivity contribution in [1.82, 2.24) is 9.88 Å². The van der Waals surface area contributed by atoms with Gasteiger partial charge in [0.15, 0.2) is 11.5 Å². The van der Waals surface area contributed by atoms with Gasteiger partial charge < -0.3 is 14.4 Å². The van der Waals surface area contributed by atoms with E-state index in [0.717, 1.165) is 29.8 Å². The third-order valence-corrected chi connectivity index (χ3v) is 4.59. The maximum atomic E-state index is 10.9. The lowest BCUT2D eigenvalue weighted by molar-refractivity contribution is 0.129. The van der Waals surface area contributed by atoms with Gasteiger partial charge in [-0.05, 0) is 49.3 Å². The summed E-state index contributed by atoms with van der Waals surface area (Å²) in [5.41, 5.74) is 3.14. The molecule has 0 unspecified atom stereocenters. The highest BCUT2D eigenvalue weighted by Gasteiger charge is 2.28. The van der Waals surface area contributed by atoms with Crippen molar-refractivity contribution < 1.29 is 14.3 Å². The minimum absolute atomic E-state index is 0.234. The molecule has 1 aromatic heterocycles. The normalized spacial score (nSPS) is 20.1. The van der Waals surface area contributed by atoms with Gasteiger partial charge in [0.25, 0.3) is 0 Å². The quantitative estimate of drug-likeness (QED) is 0.916. The Morgan fingerprint density at radius 2 is 1.95 bits per heavy atom. The van der Waals surface area contributed by atoms with Crippen LogP contribution in [0.15, 0.2) is 22.6 Å². The number of carboxylic acid groups (broad SMARTS) is 1. The van der Waals surface area contributed by atoms with Crippen molar-refractivity contribution in [3.05, 3.63) is 29.7 Å². The van der Waals surface area contributed by atoms with Crippen LogP contribution in [0.2, 0.25) is 0 Å². The third kappa shape index (κ3) is 2.37. The monoisotopic (exact) mass is 286 g/mol. The molecule has 0 bridgehead atoms. The number of amides is 1. The van der Waals surface area contributed by atoms with E-state index in [-0.39, 0.29) is 5.92 Å². The molecule has 0 atom stereocenters. The zero-order chi connectivity index (χ0) is 14.4. The van der Waals surface area contributed by atoms with E-state index in [9.17, 15) is 4.79 Å². The van der Waals surface area contributed by atoms with Gasteiger partial charge in [0.1, 0.15) is 5.52 Å². The summed E-state index contributed by atoms with van der Waals surface area (Å²) in [7, 11) is 0. The van der Waals surface area contributed by atoms with E-state index in [1.54, 1.807) is 0 Å². The summed E-state index contributed by atoms with van der Waals surface area (Å²) in [5.74, 6) is 1.71. The first kappa shape index (κ1) is 12.7. The number of likely N-dealkylation sites (tertiary alicyclic amines) is 1. The molecule has 21 heavy (non-hydrogen) atoms. The van der Waals surface area contributed by atoms with Crippen molar-refractivity contribution in [1.29, 1.82) is 0 Å². The van der Waals surface area contributed by atoms with Gasteiger partial charge in [0, 0.05) is 19.0 Å². The molecule has 2 aliphatic rings. The van der Waals surface area contributed by atoms with Gasteiger partial charge >= 0.3 is 6.09 Å². The van der Waals surface area contributed by atoms with Crippen LogP contribution in [0.4, 0.5) is 4.79 Å². The molecular formula is C16H18N2O3. The van der Waals surface area contributed by atoms with E-state index in [1.807, 2.05) is 6.07 Å². The van der Waals surface area contributed by atoms with E-state index in [0.29, 0.717) is 19.0 Å². The second kappa shape index (κ2) is 4.76. The van der Waals surface area contributed by atoms with Gasteiger partial charge in [-0.3, -0.25) is 0 Å². The fourth-order valence-corrected chi connectivity index (χ4v) is 3.12. The maximum Gasteiger partial charge on any atom is 0.407 e. The maximum absolute atomic E-state index is 10.9. The average molecular weight is 286 g/mol. The topological polar surface area (TPSA) is 66.6 Å². The molecule has 4 rings (SSSR count). The highest BCUT2D eigenvalue weighted by atomic mass is 16.4. The molecule has 5 heteroatoms. The van der Waals surface area contributed by atoms with Crippen molar-refractivity contribution in [2.45, 2.75) is 37.5 Å². The molecule has 0 spiro atoms. The number of aromatic nitrogens is 1. The Bertz CT molecular complexity index is 682. The Balaban J connectivity index is 1.55. The van der Waals surface area contributed by atoms with Crippen LogP contribution in [0.1, 0.15) is 49.0 Å². The molecule has 2 aromatic rings. The van der Waals surface area contributed by atoms with E-state index < -0.39 is 6.09 Å². The van der Waals surface area contributed by atoms with Crippen LogP contribution in [-0.4, -0.2) is 34.2 Å². The third-order valence-electron chi connectivity index (χ3n) is 4.59. The lowest BCUT2D eigenvalue weighted by Crippen LogP contribution is -2.36. The van der Waals surface area contributed by atoms with Crippen molar-refractivity contribution >= 4 is 17.2 Å². The van der Waals surface area contributed by atoms with Crippen LogP contribution in [-0.2, 0) is 0 Å². The molecule has 0 radical (unpaired) electrons. The highest BCUT2D eigenvalue weighted by Crippen LogP contribution is 2.41. The Hall–Kier alpha value is -2.04. The van der Waals surface area contributed by atoms with Crippen LogP contribution in [0, 0.1) is 0 Å². The summed E-state index contributed by atoms with van der Waals surface area (Å²) in [5, 5.41) is 8.98. The molecule has 2 fully saturated rings. The minimum atomic E-state index is -0.833. The first-order valence-corrected chi connectivity index (χ1v) is 7.59. The molecule has 1 amide bonds. The molecule has 1 aliphatic heterocycles. The molecular weight excluding hydrogens is 268 g/mol. The summed E-state index contributed by atoms with van der Waals surface area (Å²) in [6.07, 6.45) is 3.30. The summed E-state index contributed by atoms with van der Waals surface area (Å²) in [6, 6.07) is 6.32. The van der Waals surface area contributed by atoms with Crippen molar-refractivity contribution in [2.75, 3.05) is 13.1 Å². The zero-order valence-electron chi connectivity index (χ0n) is 11.8. The van der Waals surface area contributed by atoms with Crippen LogP contribution < -0.4 is 0 Å². The predicted octanol–water partition coefficient (Wildman–Crippen LogP) is 3.56. The highest BCUT2D eigenvalue weighted by molar-refractivity contribution is 5.74. The van der Waals surface area contributed by atoms with E-state index in [4.69, 9.17) is 9.52 Å². The SMILES string of the molecule is O=C(O)N1CCC(c2nc3ccc(C4CC4)cc3o2)CC1. The predicted molar refractivity (Wildman–Crippen MR) is 77.6 cm³/mol. The number of piperidine rings is 1. The largest absolute Gasteiger partial charge is 0.465 e. The smallest absolute Gasteiger partial charge is 0.407 e. The number of fused-ring (bicyclic) bond motifs is 1. The fraction of sp³-hybridized carbons (Fsp3) is 0.500. The van der Waals surface area contributed by atoms with E-state index in [1.165, 1.54) is 23.3 Å². The first-order chi connectivity index (χ1) is 10.2. The minimum Gasteiger partial charge on any atom is -0.465 e. The van der Waals surface area contributed by atoms with E-state index >= 15 is 0 Å². The lowest BCUT2D eigenvalue weighted by atomic mass is 9.97. The first-order valence-electron chi connectivity index (χ1n) is 7.59. The Morgan fingerprint density at radius 3 is 2.62 bits per heavy atom. The molecule has 2 heterocycles. The zero-order valence-corrected chi connectivity index (χ0v) is 11.8. The Labute approximate surface area is 122 Å². The number of hydrogen-bond acceptors (Lipinski definition) is 3. The van der Waals surface area contributed by atoms with Crippen LogP contribution in [0.5, 0.6) is 0 Å². The number of rotatable bonds is 2. The Kier molecular flexibility index (Phi) is 2.87. The number of hydrogen-bond donors (Lipinski definition) is 1. The summed E-state index contributed by atoms with van der Waals surface area (Å²) >= 11 is 0. The fourth-order valence-electron chi connectivity index (χ4n) is 3.12. The second-order valence-corrected chi connectivity index (χ2v) is 6.10.